The Labute approximate surface area is 184 Å². The van der Waals surface area contributed by atoms with Crippen molar-refractivity contribution in [2.24, 2.45) is 0 Å². The number of carbonyl (C=O) groups excluding carboxylic acids is 1. The molecule has 9 nitrogen and oxygen atoms in total. The van der Waals surface area contributed by atoms with Crippen molar-refractivity contribution in [2.75, 3.05) is 13.1 Å². The largest absolute Gasteiger partial charge is 0.341 e. The maximum absolute atomic E-state index is 12.9. The highest BCUT2D eigenvalue weighted by molar-refractivity contribution is 5.83. The third-order valence-electron chi connectivity index (χ3n) is 5.94. The number of aromatic nitrogens is 6. The summed E-state index contributed by atoms with van der Waals surface area (Å²) in [6, 6.07) is 17.2. The van der Waals surface area contributed by atoms with Crippen LogP contribution < -0.4 is 5.56 Å². The summed E-state index contributed by atoms with van der Waals surface area (Å²) in [5, 5.41) is 18.7. The Morgan fingerprint density at radius 1 is 0.969 bits per heavy atom. The summed E-state index contributed by atoms with van der Waals surface area (Å²) in [5.41, 5.74) is 1.42. The maximum atomic E-state index is 12.9. The summed E-state index contributed by atoms with van der Waals surface area (Å²) in [7, 11) is 0. The average molecular weight is 429 g/mol. The van der Waals surface area contributed by atoms with Gasteiger partial charge < -0.3 is 4.90 Å². The molecule has 0 saturated carbocycles. The van der Waals surface area contributed by atoms with Crippen molar-refractivity contribution in [3.8, 4) is 11.4 Å². The second kappa shape index (κ2) is 8.33. The maximum Gasteiger partial charge on any atom is 0.275 e. The van der Waals surface area contributed by atoms with Crippen molar-refractivity contribution in [3.63, 3.8) is 0 Å². The molecule has 0 aliphatic carbocycles. The molecule has 1 aliphatic heterocycles. The van der Waals surface area contributed by atoms with E-state index in [0.29, 0.717) is 24.3 Å². The Hall–Kier alpha value is -3.88. The van der Waals surface area contributed by atoms with Crippen LogP contribution in [0.4, 0.5) is 0 Å². The molecule has 1 saturated heterocycles. The topological polar surface area (TPSA) is 98.8 Å². The zero-order valence-electron chi connectivity index (χ0n) is 17.8. The Kier molecular flexibility index (Phi) is 5.22. The fraction of sp³-hybridized carbons (Fsp3) is 0.304. The van der Waals surface area contributed by atoms with Gasteiger partial charge in [0.25, 0.3) is 5.56 Å². The molecule has 2 aromatic carbocycles. The molecular weight excluding hydrogens is 406 g/mol. The fourth-order valence-corrected chi connectivity index (χ4v) is 4.17. The second-order valence-electron chi connectivity index (χ2n) is 8.01. The van der Waals surface area contributed by atoms with Gasteiger partial charge in [0.05, 0.1) is 17.1 Å². The fourth-order valence-electron chi connectivity index (χ4n) is 4.17. The average Bonchev–Trinajstić information content (AvgIpc) is 3.33. The van der Waals surface area contributed by atoms with Crippen molar-refractivity contribution in [1.82, 2.24) is 34.9 Å². The van der Waals surface area contributed by atoms with Gasteiger partial charge in [-0.05, 0) is 31.0 Å². The van der Waals surface area contributed by atoms with E-state index in [1.165, 1.54) is 4.68 Å². The van der Waals surface area contributed by atoms with E-state index in [0.717, 1.165) is 29.5 Å². The normalized spacial score (nSPS) is 14.7. The van der Waals surface area contributed by atoms with Gasteiger partial charge in [-0.3, -0.25) is 9.59 Å². The van der Waals surface area contributed by atoms with Crippen molar-refractivity contribution in [2.45, 2.75) is 32.4 Å². The summed E-state index contributed by atoms with van der Waals surface area (Å²) in [4.78, 5) is 29.1. The molecule has 4 aromatic rings. The van der Waals surface area contributed by atoms with Crippen LogP contribution in [0.5, 0.6) is 0 Å². The minimum atomic E-state index is -0.241. The number of aryl methyl sites for hydroxylation is 1. The zero-order valence-corrected chi connectivity index (χ0v) is 17.8. The predicted molar refractivity (Wildman–Crippen MR) is 119 cm³/mol. The Balaban J connectivity index is 1.25. The molecule has 32 heavy (non-hydrogen) atoms. The van der Waals surface area contributed by atoms with Gasteiger partial charge in [0, 0.05) is 24.0 Å². The first-order chi connectivity index (χ1) is 15.6. The van der Waals surface area contributed by atoms with Crippen LogP contribution >= 0.6 is 0 Å². The molecule has 0 bridgehead atoms. The lowest BCUT2D eigenvalue weighted by Gasteiger charge is -2.31. The smallest absolute Gasteiger partial charge is 0.275 e. The van der Waals surface area contributed by atoms with E-state index in [1.807, 2.05) is 55.5 Å². The summed E-state index contributed by atoms with van der Waals surface area (Å²) in [6.45, 7) is 2.94. The number of fused-ring (bicyclic) bond motifs is 1. The van der Waals surface area contributed by atoms with Gasteiger partial charge >= 0.3 is 0 Å². The molecule has 5 rings (SSSR count). The molecule has 162 valence electrons. The molecule has 0 atom stereocenters. The van der Waals surface area contributed by atoms with Gasteiger partial charge in [-0.1, -0.05) is 48.5 Å². The molecule has 0 unspecified atom stereocenters. The molecule has 0 radical (unpaired) electrons. The second-order valence-corrected chi connectivity index (χ2v) is 8.01. The van der Waals surface area contributed by atoms with Crippen LogP contribution in [0.1, 0.15) is 24.6 Å². The molecule has 3 heterocycles. The van der Waals surface area contributed by atoms with Crippen molar-refractivity contribution in [3.05, 3.63) is 70.6 Å². The van der Waals surface area contributed by atoms with E-state index < -0.39 is 0 Å². The lowest BCUT2D eigenvalue weighted by Crippen LogP contribution is -2.42. The number of piperidine rings is 1. The van der Waals surface area contributed by atoms with E-state index in [4.69, 9.17) is 0 Å². The highest BCUT2D eigenvalue weighted by atomic mass is 16.2. The third-order valence-corrected chi connectivity index (χ3v) is 5.94. The predicted octanol–water partition coefficient (Wildman–Crippen LogP) is 2.22. The summed E-state index contributed by atoms with van der Waals surface area (Å²) < 4.78 is 1.28. The number of hydrogen-bond acceptors (Lipinski definition) is 6. The third kappa shape index (κ3) is 3.77. The molecule has 1 aliphatic rings. The molecule has 0 spiro atoms. The van der Waals surface area contributed by atoms with E-state index in [1.54, 1.807) is 15.8 Å². The van der Waals surface area contributed by atoms with Crippen molar-refractivity contribution >= 4 is 16.7 Å². The number of amides is 1. The first kappa shape index (κ1) is 20.0. The van der Waals surface area contributed by atoms with Gasteiger partial charge in [-0.25, -0.2) is 4.68 Å². The lowest BCUT2D eigenvalue weighted by molar-refractivity contribution is -0.133. The molecule has 2 aromatic heterocycles. The number of nitrogens with zero attached hydrogens (tertiary/aromatic N) is 7. The monoisotopic (exact) mass is 429 g/mol. The van der Waals surface area contributed by atoms with E-state index in [-0.39, 0.29) is 24.1 Å². The van der Waals surface area contributed by atoms with Crippen LogP contribution in [0, 0.1) is 6.92 Å². The van der Waals surface area contributed by atoms with Gasteiger partial charge in [-0.2, -0.15) is 9.90 Å². The molecular formula is C23H23N7O2. The minimum absolute atomic E-state index is 0.0606. The number of hydrogen-bond donors (Lipinski definition) is 0. The number of benzene rings is 2. The van der Waals surface area contributed by atoms with Crippen molar-refractivity contribution in [1.29, 1.82) is 0 Å². The molecule has 1 fully saturated rings. The van der Waals surface area contributed by atoms with Crippen LogP contribution in [-0.4, -0.2) is 53.9 Å². The minimum Gasteiger partial charge on any atom is -0.341 e. The molecule has 0 N–H and O–H groups in total. The first-order valence-corrected chi connectivity index (χ1v) is 10.7. The molecule has 1 amide bonds. The van der Waals surface area contributed by atoms with Crippen LogP contribution in [0.15, 0.2) is 59.4 Å². The zero-order chi connectivity index (χ0) is 22.1. The summed E-state index contributed by atoms with van der Waals surface area (Å²) >= 11 is 0. The quantitative estimate of drug-likeness (QED) is 0.493. The van der Waals surface area contributed by atoms with Crippen LogP contribution in [-0.2, 0) is 11.3 Å². The highest BCUT2D eigenvalue weighted by Gasteiger charge is 2.26. The van der Waals surface area contributed by atoms with Gasteiger partial charge in [0.15, 0.2) is 0 Å². The van der Waals surface area contributed by atoms with Crippen LogP contribution in [0.25, 0.3) is 22.2 Å². The van der Waals surface area contributed by atoms with Gasteiger partial charge in [0.2, 0.25) is 11.7 Å². The lowest BCUT2D eigenvalue weighted by atomic mass is 10.1. The van der Waals surface area contributed by atoms with E-state index >= 15 is 0 Å². The summed E-state index contributed by atoms with van der Waals surface area (Å²) in [5.74, 6) is 0.491. The Morgan fingerprint density at radius 3 is 2.41 bits per heavy atom. The van der Waals surface area contributed by atoms with Crippen LogP contribution in [0.2, 0.25) is 0 Å². The molecule has 9 heteroatoms. The van der Waals surface area contributed by atoms with Crippen molar-refractivity contribution < 1.29 is 4.79 Å². The number of tetrazole rings is 1. The van der Waals surface area contributed by atoms with Gasteiger partial charge in [-0.15, -0.1) is 10.2 Å². The SMILES string of the molecule is Cc1nn(CC(=O)N2CCC(n3nnc(-c4ccccc4)n3)CC2)c(=O)c2ccccc12. The Bertz CT molecular complexity index is 1320. The first-order valence-electron chi connectivity index (χ1n) is 10.7. The van der Waals surface area contributed by atoms with Crippen LogP contribution in [0.3, 0.4) is 0 Å². The van der Waals surface area contributed by atoms with E-state index in [2.05, 4.69) is 20.5 Å². The highest BCUT2D eigenvalue weighted by Crippen LogP contribution is 2.22. The number of rotatable bonds is 4. The van der Waals surface area contributed by atoms with E-state index in [9.17, 15) is 9.59 Å². The summed E-state index contributed by atoms with van der Waals surface area (Å²) in [6.07, 6.45) is 1.46. The number of carbonyl (C=O) groups is 1. The standard InChI is InChI=1S/C23H23N7O2/c1-16-19-9-5-6-10-20(19)23(32)29(25-16)15-21(31)28-13-11-18(12-14-28)30-26-22(24-27-30)17-7-3-2-4-8-17/h2-10,18H,11-15H2,1H3. The number of likely N-dealkylation sites (tertiary alicyclic amines) is 1. The Morgan fingerprint density at radius 2 is 1.66 bits per heavy atom. The van der Waals surface area contributed by atoms with Gasteiger partial charge in [0.1, 0.15) is 6.54 Å².